The molecule has 3 aliphatic rings. The molecule has 8 nitrogen and oxygen atoms in total. The first-order valence-corrected chi connectivity index (χ1v) is 13.3. The Kier molecular flexibility index (Phi) is 8.17. The summed E-state index contributed by atoms with van der Waals surface area (Å²) in [6, 6.07) is 6.27. The first-order valence-electron chi connectivity index (χ1n) is 11.8. The van der Waals surface area contributed by atoms with Crippen LogP contribution in [-0.4, -0.2) is 89.3 Å². The van der Waals surface area contributed by atoms with E-state index < -0.39 is 10.0 Å². The minimum Gasteiger partial charge on any atom is -0.379 e. The predicted octanol–water partition coefficient (Wildman–Crippen LogP) is 1.72. The lowest BCUT2D eigenvalue weighted by Gasteiger charge is -2.34. The summed E-state index contributed by atoms with van der Waals surface area (Å²) < 4.78 is 38.5. The highest BCUT2D eigenvalue weighted by molar-refractivity contribution is 7.89. The topological polar surface area (TPSA) is 88.2 Å². The molecule has 0 bridgehead atoms. The first-order chi connectivity index (χ1) is 15.5. The Hall–Kier alpha value is -1.52. The minimum absolute atomic E-state index is 0.0205. The molecule has 0 radical (unpaired) electrons. The van der Waals surface area contributed by atoms with E-state index in [1.807, 2.05) is 4.90 Å². The molecule has 0 saturated carbocycles. The lowest BCUT2D eigenvalue weighted by Crippen LogP contribution is -2.40. The van der Waals surface area contributed by atoms with Gasteiger partial charge in [0.05, 0.1) is 24.2 Å². The maximum atomic E-state index is 12.9. The largest absolute Gasteiger partial charge is 0.379 e. The number of nitrogens with one attached hydrogen (secondary N) is 1. The van der Waals surface area contributed by atoms with Gasteiger partial charge in [0.15, 0.2) is 0 Å². The summed E-state index contributed by atoms with van der Waals surface area (Å²) in [5.74, 6) is 0.636. The fourth-order valence-electron chi connectivity index (χ4n) is 4.67. The summed E-state index contributed by atoms with van der Waals surface area (Å²) in [6.07, 6.45) is 5.01. The van der Waals surface area contributed by atoms with Crippen molar-refractivity contribution in [1.82, 2.24) is 14.5 Å². The molecule has 3 fully saturated rings. The molecule has 1 atom stereocenters. The Morgan fingerprint density at radius 3 is 2.38 bits per heavy atom. The van der Waals surface area contributed by atoms with Crippen LogP contribution >= 0.6 is 0 Å². The van der Waals surface area contributed by atoms with Crippen molar-refractivity contribution in [1.29, 1.82) is 0 Å². The Morgan fingerprint density at radius 1 is 1.00 bits per heavy atom. The van der Waals surface area contributed by atoms with Crippen LogP contribution in [-0.2, 0) is 19.5 Å². The highest BCUT2D eigenvalue weighted by Crippen LogP contribution is 2.23. The van der Waals surface area contributed by atoms with E-state index in [2.05, 4.69) is 9.62 Å². The van der Waals surface area contributed by atoms with Crippen molar-refractivity contribution in [2.45, 2.75) is 43.1 Å². The zero-order chi connectivity index (χ0) is 22.4. The lowest BCUT2D eigenvalue weighted by molar-refractivity contribution is 0.0332. The van der Waals surface area contributed by atoms with Crippen molar-refractivity contribution in [3.05, 3.63) is 29.8 Å². The van der Waals surface area contributed by atoms with Gasteiger partial charge in [-0.1, -0.05) is 0 Å². The average Bonchev–Trinajstić information content (AvgIpc) is 3.36. The van der Waals surface area contributed by atoms with Crippen molar-refractivity contribution in [2.24, 2.45) is 5.92 Å². The molecule has 1 unspecified atom stereocenters. The third-order valence-electron chi connectivity index (χ3n) is 6.80. The quantitative estimate of drug-likeness (QED) is 0.629. The Balaban J connectivity index is 1.23. The number of nitrogens with zero attached hydrogens (tertiary/aromatic N) is 2. The van der Waals surface area contributed by atoms with E-state index in [4.69, 9.17) is 9.47 Å². The normalized spacial score (nSPS) is 23.5. The number of morpholine rings is 1. The van der Waals surface area contributed by atoms with Crippen LogP contribution in [0.4, 0.5) is 0 Å². The van der Waals surface area contributed by atoms with Crippen molar-refractivity contribution >= 4 is 15.9 Å². The second kappa shape index (κ2) is 11.1. The van der Waals surface area contributed by atoms with Gasteiger partial charge < -0.3 is 14.4 Å². The third-order valence-corrected chi connectivity index (χ3v) is 8.24. The smallest absolute Gasteiger partial charge is 0.253 e. The third kappa shape index (κ3) is 6.29. The molecule has 1 amide bonds. The number of piperidine rings is 1. The molecule has 178 valence electrons. The standard InChI is InChI=1S/C23H35N3O5S/c27-23(26-11-8-19(9-12-26)7-10-25-13-16-30-17-14-25)20-3-5-22(6-4-20)32(28,29)24-18-21-2-1-15-31-21/h3-6,19,21,24H,1-2,7-18H2. The molecule has 3 saturated heterocycles. The number of carbonyl (C=O) groups is 1. The molecule has 3 aliphatic heterocycles. The summed E-state index contributed by atoms with van der Waals surface area (Å²) in [4.78, 5) is 17.4. The zero-order valence-electron chi connectivity index (χ0n) is 18.7. The van der Waals surface area contributed by atoms with Crippen LogP contribution in [0.5, 0.6) is 0 Å². The Bertz CT molecular complexity index is 841. The van der Waals surface area contributed by atoms with Crippen LogP contribution in [0.15, 0.2) is 29.2 Å². The van der Waals surface area contributed by atoms with Crippen LogP contribution in [0.1, 0.15) is 42.5 Å². The van der Waals surface area contributed by atoms with Crippen LogP contribution in [0.3, 0.4) is 0 Å². The maximum absolute atomic E-state index is 12.9. The van der Waals surface area contributed by atoms with E-state index in [0.29, 0.717) is 18.1 Å². The second-order valence-corrected chi connectivity index (χ2v) is 10.8. The number of hydrogen-bond donors (Lipinski definition) is 1. The molecule has 0 spiro atoms. The van der Waals surface area contributed by atoms with Crippen LogP contribution in [0.2, 0.25) is 0 Å². The molecule has 1 aromatic carbocycles. The van der Waals surface area contributed by atoms with Gasteiger partial charge in [0.1, 0.15) is 0 Å². The number of sulfonamides is 1. The van der Waals surface area contributed by atoms with Crippen molar-refractivity contribution in [3.8, 4) is 0 Å². The van der Waals surface area contributed by atoms with Gasteiger partial charge in [-0.05, 0) is 68.8 Å². The SMILES string of the molecule is O=C(c1ccc(S(=O)(=O)NCC2CCCO2)cc1)N1CCC(CCN2CCOCC2)CC1. The van der Waals surface area contributed by atoms with E-state index in [1.54, 1.807) is 12.1 Å². The molecule has 1 N–H and O–H groups in total. The summed E-state index contributed by atoms with van der Waals surface area (Å²) in [6.45, 7) is 7.30. The van der Waals surface area contributed by atoms with Gasteiger partial charge in [-0.25, -0.2) is 13.1 Å². The molecular formula is C23H35N3O5S. The molecule has 9 heteroatoms. The monoisotopic (exact) mass is 465 g/mol. The van der Waals surface area contributed by atoms with Gasteiger partial charge in [-0.2, -0.15) is 0 Å². The van der Waals surface area contributed by atoms with Crippen molar-refractivity contribution < 1.29 is 22.7 Å². The van der Waals surface area contributed by atoms with E-state index in [9.17, 15) is 13.2 Å². The van der Waals surface area contributed by atoms with Gasteiger partial charge in [0.2, 0.25) is 10.0 Å². The van der Waals surface area contributed by atoms with Crippen LogP contribution in [0, 0.1) is 5.92 Å². The lowest BCUT2D eigenvalue weighted by atomic mass is 9.93. The first kappa shape index (κ1) is 23.6. The molecule has 1 aromatic rings. The number of benzene rings is 1. The van der Waals surface area contributed by atoms with Crippen molar-refractivity contribution in [2.75, 3.05) is 59.1 Å². The predicted molar refractivity (Wildman–Crippen MR) is 121 cm³/mol. The molecule has 0 aromatic heterocycles. The van der Waals surface area contributed by atoms with Gasteiger partial charge in [0.25, 0.3) is 5.91 Å². The molecule has 4 rings (SSSR count). The van der Waals surface area contributed by atoms with E-state index in [1.165, 1.54) is 18.6 Å². The van der Waals surface area contributed by atoms with Crippen LogP contribution < -0.4 is 4.72 Å². The molecule has 0 aliphatic carbocycles. The second-order valence-electron chi connectivity index (χ2n) is 8.99. The van der Waals surface area contributed by atoms with Crippen LogP contribution in [0.25, 0.3) is 0 Å². The fraction of sp³-hybridized carbons (Fsp3) is 0.696. The number of amides is 1. The average molecular weight is 466 g/mol. The van der Waals surface area contributed by atoms with Gasteiger partial charge in [0, 0.05) is 44.9 Å². The Morgan fingerprint density at radius 2 is 1.72 bits per heavy atom. The van der Waals surface area contributed by atoms with Gasteiger partial charge >= 0.3 is 0 Å². The zero-order valence-corrected chi connectivity index (χ0v) is 19.5. The van der Waals surface area contributed by atoms with Crippen molar-refractivity contribution in [3.63, 3.8) is 0 Å². The van der Waals surface area contributed by atoms with E-state index in [-0.39, 0.29) is 23.5 Å². The highest BCUT2D eigenvalue weighted by atomic mass is 32.2. The highest BCUT2D eigenvalue weighted by Gasteiger charge is 2.25. The van der Waals surface area contributed by atoms with E-state index >= 15 is 0 Å². The van der Waals surface area contributed by atoms with E-state index in [0.717, 1.165) is 71.6 Å². The molecular weight excluding hydrogens is 430 g/mol. The number of hydrogen-bond acceptors (Lipinski definition) is 6. The Labute approximate surface area is 191 Å². The number of likely N-dealkylation sites (tertiary alicyclic amines) is 1. The summed E-state index contributed by atoms with van der Waals surface area (Å²) >= 11 is 0. The molecule has 3 heterocycles. The maximum Gasteiger partial charge on any atom is 0.253 e. The fourth-order valence-corrected chi connectivity index (χ4v) is 5.73. The van der Waals surface area contributed by atoms with Gasteiger partial charge in [-0.3, -0.25) is 9.69 Å². The summed E-state index contributed by atoms with van der Waals surface area (Å²) in [5, 5.41) is 0. The number of ether oxygens (including phenoxy) is 2. The summed E-state index contributed by atoms with van der Waals surface area (Å²) in [7, 11) is -3.60. The number of rotatable bonds is 8. The minimum atomic E-state index is -3.60. The van der Waals surface area contributed by atoms with Gasteiger partial charge in [-0.15, -0.1) is 0 Å². The molecule has 32 heavy (non-hydrogen) atoms. The number of carbonyl (C=O) groups excluding carboxylic acids is 1. The summed E-state index contributed by atoms with van der Waals surface area (Å²) in [5.41, 5.74) is 0.537.